The quantitative estimate of drug-likeness (QED) is 0.254. The molecule has 1 aliphatic carbocycles. The van der Waals surface area contributed by atoms with Crippen LogP contribution in [0.2, 0.25) is 0 Å². The van der Waals surface area contributed by atoms with Crippen LogP contribution in [0.3, 0.4) is 0 Å². The predicted molar refractivity (Wildman–Crippen MR) is 151 cm³/mol. The van der Waals surface area contributed by atoms with E-state index in [-0.39, 0.29) is 0 Å². The molecule has 0 saturated heterocycles. The van der Waals surface area contributed by atoms with Gasteiger partial charge in [0.25, 0.3) is 0 Å². The minimum Gasteiger partial charge on any atom is -0.497 e. The molecular weight excluding hydrogens is 472 g/mol. The van der Waals surface area contributed by atoms with Crippen molar-refractivity contribution < 1.29 is 4.74 Å². The molecule has 2 aromatic carbocycles. The van der Waals surface area contributed by atoms with Crippen molar-refractivity contribution >= 4 is 16.7 Å². The highest BCUT2D eigenvalue weighted by Gasteiger charge is 2.17. The van der Waals surface area contributed by atoms with Gasteiger partial charge in [-0.3, -0.25) is 9.67 Å². The summed E-state index contributed by atoms with van der Waals surface area (Å²) in [5, 5.41) is 18.0. The number of fused-ring (bicyclic) bond motifs is 1. The number of pyridine rings is 1. The van der Waals surface area contributed by atoms with Crippen molar-refractivity contribution in [1.82, 2.24) is 25.0 Å². The Morgan fingerprint density at radius 3 is 2.61 bits per heavy atom. The van der Waals surface area contributed by atoms with E-state index in [9.17, 15) is 0 Å². The Labute approximate surface area is 222 Å². The summed E-state index contributed by atoms with van der Waals surface area (Å²) in [5.41, 5.74) is 7.10. The van der Waals surface area contributed by atoms with Crippen LogP contribution in [-0.2, 0) is 13.1 Å². The summed E-state index contributed by atoms with van der Waals surface area (Å²) in [4.78, 5) is 4.93. The van der Waals surface area contributed by atoms with Crippen molar-refractivity contribution in [3.8, 4) is 28.1 Å². The fourth-order valence-corrected chi connectivity index (χ4v) is 5.28. The van der Waals surface area contributed by atoms with Crippen molar-refractivity contribution in [2.75, 3.05) is 12.4 Å². The second-order valence-electron chi connectivity index (χ2n) is 10.2. The van der Waals surface area contributed by atoms with E-state index in [4.69, 9.17) is 9.72 Å². The maximum absolute atomic E-state index is 5.23. The molecule has 0 unspecified atom stereocenters. The number of rotatable bonds is 8. The monoisotopic (exact) mass is 504 g/mol. The highest BCUT2D eigenvalue weighted by molar-refractivity contribution is 5.88. The zero-order valence-corrected chi connectivity index (χ0v) is 21.9. The van der Waals surface area contributed by atoms with Gasteiger partial charge < -0.3 is 10.1 Å². The van der Waals surface area contributed by atoms with Gasteiger partial charge in [0.2, 0.25) is 0 Å². The number of aromatic nitrogens is 5. The van der Waals surface area contributed by atoms with Crippen LogP contribution in [0.15, 0.2) is 73.1 Å². The normalized spacial score (nSPS) is 13.7. The summed E-state index contributed by atoms with van der Waals surface area (Å²) < 4.78 is 7.33. The van der Waals surface area contributed by atoms with Crippen molar-refractivity contribution in [1.29, 1.82) is 0 Å². The molecular formula is C31H32N6O. The van der Waals surface area contributed by atoms with Crippen molar-refractivity contribution in [2.24, 2.45) is 5.92 Å². The first kappa shape index (κ1) is 24.1. The molecule has 0 amide bonds. The molecule has 5 aromatic rings. The van der Waals surface area contributed by atoms with Crippen molar-refractivity contribution in [3.05, 3.63) is 84.3 Å². The van der Waals surface area contributed by atoms with Gasteiger partial charge in [-0.25, -0.2) is 0 Å². The zero-order valence-electron chi connectivity index (χ0n) is 21.9. The van der Waals surface area contributed by atoms with Gasteiger partial charge in [0.05, 0.1) is 24.5 Å². The Balaban J connectivity index is 1.24. The number of hydrogen-bond donors (Lipinski definition) is 1. The van der Waals surface area contributed by atoms with Gasteiger partial charge in [-0.15, -0.1) is 10.2 Å². The fourth-order valence-electron chi connectivity index (χ4n) is 5.28. The third-order valence-corrected chi connectivity index (χ3v) is 7.39. The summed E-state index contributed by atoms with van der Waals surface area (Å²) in [6, 6.07) is 20.5. The lowest BCUT2D eigenvalue weighted by atomic mass is 10.00. The number of methoxy groups -OCH3 is 1. The lowest BCUT2D eigenvalue weighted by Crippen LogP contribution is -2.07. The maximum Gasteiger partial charge on any atom is 0.149 e. The second-order valence-corrected chi connectivity index (χ2v) is 10.2. The smallest absolute Gasteiger partial charge is 0.149 e. The van der Waals surface area contributed by atoms with Gasteiger partial charge >= 0.3 is 0 Å². The summed E-state index contributed by atoms with van der Waals surface area (Å²) >= 11 is 0. The van der Waals surface area contributed by atoms with Crippen LogP contribution >= 0.6 is 0 Å². The number of aryl methyl sites for hydroxylation is 1. The molecule has 0 bridgehead atoms. The fraction of sp³-hybridized carbons (Fsp3) is 0.290. The third kappa shape index (κ3) is 5.23. The van der Waals surface area contributed by atoms with E-state index >= 15 is 0 Å². The summed E-state index contributed by atoms with van der Waals surface area (Å²) in [6.07, 6.45) is 9.43. The van der Waals surface area contributed by atoms with Crippen LogP contribution in [0.25, 0.3) is 33.3 Å². The number of nitrogens with zero attached hydrogens (tertiary/aromatic N) is 5. The minimum absolute atomic E-state index is 0.660. The van der Waals surface area contributed by atoms with E-state index in [1.165, 1.54) is 25.7 Å². The molecule has 192 valence electrons. The molecule has 1 saturated carbocycles. The van der Waals surface area contributed by atoms with Gasteiger partial charge in [0.1, 0.15) is 11.6 Å². The number of hydrogen-bond acceptors (Lipinski definition) is 6. The highest BCUT2D eigenvalue weighted by atomic mass is 16.5. The van der Waals surface area contributed by atoms with E-state index in [1.54, 1.807) is 7.11 Å². The molecule has 0 radical (unpaired) electrons. The zero-order chi connectivity index (χ0) is 25.9. The molecule has 3 heterocycles. The van der Waals surface area contributed by atoms with E-state index in [0.717, 1.165) is 68.6 Å². The average Bonchev–Trinajstić information content (AvgIpc) is 3.64. The van der Waals surface area contributed by atoms with E-state index in [0.29, 0.717) is 6.54 Å². The predicted octanol–water partition coefficient (Wildman–Crippen LogP) is 6.67. The average molecular weight is 505 g/mol. The number of benzene rings is 2. The number of nitrogens with one attached hydrogen (secondary N) is 1. The standard InChI is InChI=1S/C31H32N6O/c1-21-7-14-28(26-18-33-37(20-26)19-23-5-3-4-6-23)31(34-21)25-11-10-24-16-30(36-35-29(24)15-25)32-17-22-8-12-27(38-2)13-9-22/h7-16,18,20,23H,3-6,17,19H2,1-2H3,(H,32,36). The van der Waals surface area contributed by atoms with Crippen molar-refractivity contribution in [2.45, 2.75) is 45.7 Å². The summed E-state index contributed by atoms with van der Waals surface area (Å²) in [7, 11) is 1.67. The molecule has 1 N–H and O–H groups in total. The van der Waals surface area contributed by atoms with Crippen LogP contribution in [0.4, 0.5) is 5.82 Å². The summed E-state index contributed by atoms with van der Waals surface area (Å²) in [5.74, 6) is 2.33. The molecule has 0 atom stereocenters. The van der Waals surface area contributed by atoms with E-state index < -0.39 is 0 Å². The van der Waals surface area contributed by atoms with Gasteiger partial charge in [0.15, 0.2) is 0 Å². The SMILES string of the molecule is COc1ccc(CNc2cc3ccc(-c4nc(C)ccc4-c4cnn(CC5CCCC5)c4)cc3nn2)cc1. The Morgan fingerprint density at radius 2 is 1.79 bits per heavy atom. The van der Waals surface area contributed by atoms with E-state index in [1.807, 2.05) is 43.5 Å². The molecule has 7 heteroatoms. The third-order valence-electron chi connectivity index (χ3n) is 7.39. The van der Waals surface area contributed by atoms with Crippen LogP contribution in [0.1, 0.15) is 36.9 Å². The Bertz CT molecular complexity index is 1550. The Hall–Kier alpha value is -4.26. The lowest BCUT2D eigenvalue weighted by Gasteiger charge is -2.11. The first-order valence-electron chi connectivity index (χ1n) is 13.3. The lowest BCUT2D eigenvalue weighted by molar-refractivity contribution is 0.414. The molecule has 7 nitrogen and oxygen atoms in total. The summed E-state index contributed by atoms with van der Waals surface area (Å²) in [6.45, 7) is 3.68. The molecule has 1 fully saturated rings. The van der Waals surface area contributed by atoms with Gasteiger partial charge in [0, 0.05) is 47.1 Å². The second kappa shape index (κ2) is 10.6. The first-order chi connectivity index (χ1) is 18.6. The van der Waals surface area contributed by atoms with Crippen LogP contribution in [0, 0.1) is 12.8 Å². The van der Waals surface area contributed by atoms with E-state index in [2.05, 4.69) is 61.8 Å². The molecule has 3 aromatic heterocycles. The molecule has 6 rings (SSSR count). The minimum atomic E-state index is 0.660. The van der Waals surface area contributed by atoms with Crippen molar-refractivity contribution in [3.63, 3.8) is 0 Å². The number of anilines is 1. The topological polar surface area (TPSA) is 77.8 Å². The first-order valence-corrected chi connectivity index (χ1v) is 13.3. The molecule has 1 aliphatic rings. The van der Waals surface area contributed by atoms with Gasteiger partial charge in [-0.05, 0) is 61.6 Å². The molecule has 0 spiro atoms. The number of ether oxygens (including phenoxy) is 1. The Morgan fingerprint density at radius 1 is 0.947 bits per heavy atom. The van der Waals surface area contributed by atoms with Crippen LogP contribution in [0.5, 0.6) is 5.75 Å². The van der Waals surface area contributed by atoms with Crippen LogP contribution in [-0.4, -0.2) is 32.1 Å². The Kier molecular flexibility index (Phi) is 6.73. The largest absolute Gasteiger partial charge is 0.497 e. The molecule has 0 aliphatic heterocycles. The van der Waals surface area contributed by atoms with Gasteiger partial charge in [-0.1, -0.05) is 43.2 Å². The maximum atomic E-state index is 5.23. The van der Waals surface area contributed by atoms with Gasteiger partial charge in [-0.2, -0.15) is 5.10 Å². The van der Waals surface area contributed by atoms with Crippen LogP contribution < -0.4 is 10.1 Å². The highest BCUT2D eigenvalue weighted by Crippen LogP contribution is 2.33. The molecule has 38 heavy (non-hydrogen) atoms.